The summed E-state index contributed by atoms with van der Waals surface area (Å²) in [7, 11) is 0. The zero-order valence-corrected chi connectivity index (χ0v) is 19.0. The van der Waals surface area contributed by atoms with Crippen molar-refractivity contribution in [1.29, 1.82) is 0 Å². The van der Waals surface area contributed by atoms with Gasteiger partial charge in [0.2, 0.25) is 23.6 Å². The number of nitrogens with two attached hydrogens (primary N) is 2. The summed E-state index contributed by atoms with van der Waals surface area (Å²) in [6.45, 7) is 0.281. The summed E-state index contributed by atoms with van der Waals surface area (Å²) in [6.07, 6.45) is -2.03. The molecule has 4 amide bonds. The minimum absolute atomic E-state index is 0.0289. The van der Waals surface area contributed by atoms with Gasteiger partial charge in [-0.15, -0.1) is 0 Å². The Morgan fingerprint density at radius 2 is 1.51 bits per heavy atom. The molecule has 0 saturated heterocycles. The van der Waals surface area contributed by atoms with Crippen LogP contribution in [0.15, 0.2) is 24.3 Å². The molecule has 0 bridgehead atoms. The number of carboxylic acids is 1. The molecule has 11 N–H and O–H groups in total. The van der Waals surface area contributed by atoms with Crippen molar-refractivity contribution in [3.8, 4) is 5.75 Å². The topological polar surface area (TPSA) is 254 Å². The van der Waals surface area contributed by atoms with E-state index >= 15 is 0 Å². The van der Waals surface area contributed by atoms with Crippen LogP contribution in [0.4, 0.5) is 0 Å². The fourth-order valence-corrected chi connectivity index (χ4v) is 2.92. The SMILES string of the molecule is CC(O)C(NC(=O)C(N)Cc1ccc(O)cc1)C(=O)NC(CCC(N)=O)C(=O)NC(CO)C(=O)O. The number of aliphatic hydroxyl groups is 2. The lowest BCUT2D eigenvalue weighted by molar-refractivity contribution is -0.143. The van der Waals surface area contributed by atoms with Gasteiger partial charge in [-0.25, -0.2) is 4.79 Å². The summed E-state index contributed by atoms with van der Waals surface area (Å²) in [5, 5.41) is 44.0. The van der Waals surface area contributed by atoms with Gasteiger partial charge < -0.3 is 47.8 Å². The second-order valence-corrected chi connectivity index (χ2v) is 7.85. The number of carboxylic acid groups (broad SMARTS) is 1. The van der Waals surface area contributed by atoms with Crippen LogP contribution in [0.3, 0.4) is 0 Å². The third kappa shape index (κ3) is 9.95. The van der Waals surface area contributed by atoms with Gasteiger partial charge in [0, 0.05) is 6.42 Å². The van der Waals surface area contributed by atoms with Gasteiger partial charge in [0.05, 0.1) is 18.8 Å². The molecule has 0 aliphatic rings. The first-order valence-electron chi connectivity index (χ1n) is 10.6. The van der Waals surface area contributed by atoms with Crippen LogP contribution in [0.25, 0.3) is 0 Å². The highest BCUT2D eigenvalue weighted by Gasteiger charge is 2.32. The maximum Gasteiger partial charge on any atom is 0.328 e. The lowest BCUT2D eigenvalue weighted by Crippen LogP contribution is -2.60. The van der Waals surface area contributed by atoms with Crippen molar-refractivity contribution in [3.05, 3.63) is 29.8 Å². The Labute approximate surface area is 200 Å². The number of carbonyl (C=O) groups excluding carboxylic acids is 4. The van der Waals surface area contributed by atoms with Crippen LogP contribution >= 0.6 is 0 Å². The first-order valence-corrected chi connectivity index (χ1v) is 10.6. The van der Waals surface area contributed by atoms with Gasteiger partial charge in [0.15, 0.2) is 0 Å². The molecule has 14 nitrogen and oxygen atoms in total. The molecule has 0 fully saturated rings. The van der Waals surface area contributed by atoms with Crippen molar-refractivity contribution >= 4 is 29.6 Å². The van der Waals surface area contributed by atoms with Crippen LogP contribution in [-0.2, 0) is 30.4 Å². The molecule has 1 rings (SSSR count). The first kappa shape index (κ1) is 29.3. The molecular formula is C21H31N5O9. The summed E-state index contributed by atoms with van der Waals surface area (Å²) >= 11 is 0. The summed E-state index contributed by atoms with van der Waals surface area (Å²) in [5.74, 6) is -5.12. The minimum Gasteiger partial charge on any atom is -0.508 e. The van der Waals surface area contributed by atoms with Crippen molar-refractivity contribution in [2.24, 2.45) is 11.5 Å². The Morgan fingerprint density at radius 3 is 2.00 bits per heavy atom. The molecule has 0 aliphatic carbocycles. The number of hydrogen-bond acceptors (Lipinski definition) is 9. The zero-order chi connectivity index (χ0) is 26.7. The number of phenols is 1. The zero-order valence-electron chi connectivity index (χ0n) is 19.0. The highest BCUT2D eigenvalue weighted by molar-refractivity contribution is 5.94. The Bertz CT molecular complexity index is 907. The number of aliphatic carboxylic acids is 1. The number of rotatable bonds is 14. The number of hydrogen-bond donors (Lipinski definition) is 9. The number of nitrogens with one attached hydrogen (secondary N) is 3. The largest absolute Gasteiger partial charge is 0.508 e. The van der Waals surface area contributed by atoms with Crippen molar-refractivity contribution in [2.45, 2.75) is 56.5 Å². The molecule has 0 spiro atoms. The van der Waals surface area contributed by atoms with E-state index in [0.29, 0.717) is 5.56 Å². The number of carbonyl (C=O) groups is 5. The molecule has 5 unspecified atom stereocenters. The van der Waals surface area contributed by atoms with E-state index in [1.54, 1.807) is 12.1 Å². The van der Waals surface area contributed by atoms with Gasteiger partial charge in [-0.3, -0.25) is 19.2 Å². The van der Waals surface area contributed by atoms with Crippen LogP contribution in [0.2, 0.25) is 0 Å². The lowest BCUT2D eigenvalue weighted by Gasteiger charge is -2.26. The maximum absolute atomic E-state index is 12.8. The van der Waals surface area contributed by atoms with Crippen molar-refractivity contribution < 1.29 is 44.4 Å². The Hall–Kier alpha value is -3.75. The minimum atomic E-state index is -1.67. The maximum atomic E-state index is 12.8. The number of amides is 4. The highest BCUT2D eigenvalue weighted by atomic mass is 16.4. The summed E-state index contributed by atoms with van der Waals surface area (Å²) in [5.41, 5.74) is 11.6. The molecule has 0 radical (unpaired) electrons. The molecule has 0 aromatic heterocycles. The van der Waals surface area contributed by atoms with Crippen LogP contribution in [0.5, 0.6) is 5.75 Å². The second kappa shape index (κ2) is 13.8. The number of primary amides is 1. The molecule has 5 atom stereocenters. The third-order valence-electron chi connectivity index (χ3n) is 4.90. The van der Waals surface area contributed by atoms with E-state index in [4.69, 9.17) is 21.7 Å². The predicted octanol–water partition coefficient (Wildman–Crippen LogP) is -3.56. The molecule has 0 saturated carbocycles. The second-order valence-electron chi connectivity index (χ2n) is 7.85. The van der Waals surface area contributed by atoms with E-state index in [-0.39, 0.29) is 25.0 Å². The summed E-state index contributed by atoms with van der Waals surface area (Å²) in [4.78, 5) is 60.0. The Balaban J connectivity index is 2.92. The monoisotopic (exact) mass is 497 g/mol. The van der Waals surface area contributed by atoms with E-state index in [1.807, 2.05) is 5.32 Å². The standard InChI is InChI=1S/C21H31N5O9/c1-10(28)17(26-18(31)13(22)8-11-2-4-12(29)5-3-11)20(33)24-14(6-7-16(23)30)19(32)25-15(9-27)21(34)35/h2-5,10,13-15,17,27-29H,6-9,22H2,1H3,(H2,23,30)(H,24,33)(H,25,32)(H,26,31)(H,34,35). The van der Waals surface area contributed by atoms with Gasteiger partial charge >= 0.3 is 5.97 Å². The Kier molecular flexibility index (Phi) is 11.6. The highest BCUT2D eigenvalue weighted by Crippen LogP contribution is 2.11. The van der Waals surface area contributed by atoms with Gasteiger partial charge in [-0.2, -0.15) is 0 Å². The number of aromatic hydroxyl groups is 1. The smallest absolute Gasteiger partial charge is 0.328 e. The fourth-order valence-electron chi connectivity index (χ4n) is 2.92. The van der Waals surface area contributed by atoms with E-state index in [0.717, 1.165) is 0 Å². The number of aliphatic hydroxyl groups excluding tert-OH is 2. The van der Waals surface area contributed by atoms with Gasteiger partial charge in [0.1, 0.15) is 23.9 Å². The summed E-state index contributed by atoms with van der Waals surface area (Å²) in [6, 6.07) is 0.131. The average Bonchev–Trinajstić information content (AvgIpc) is 2.78. The molecule has 0 aliphatic heterocycles. The number of phenolic OH excluding ortho intramolecular Hbond substituents is 1. The molecule has 0 heterocycles. The van der Waals surface area contributed by atoms with Gasteiger partial charge in [-0.1, -0.05) is 12.1 Å². The van der Waals surface area contributed by atoms with Crippen molar-refractivity contribution in [1.82, 2.24) is 16.0 Å². The van der Waals surface area contributed by atoms with Crippen LogP contribution in [0, 0.1) is 0 Å². The van der Waals surface area contributed by atoms with E-state index in [2.05, 4.69) is 10.6 Å². The first-order chi connectivity index (χ1) is 16.3. The molecule has 1 aromatic rings. The average molecular weight is 498 g/mol. The third-order valence-corrected chi connectivity index (χ3v) is 4.90. The van der Waals surface area contributed by atoms with Crippen LogP contribution in [-0.4, -0.2) is 86.9 Å². The van der Waals surface area contributed by atoms with E-state index in [1.165, 1.54) is 19.1 Å². The van der Waals surface area contributed by atoms with Crippen LogP contribution < -0.4 is 27.4 Å². The molecular weight excluding hydrogens is 466 g/mol. The summed E-state index contributed by atoms with van der Waals surface area (Å²) < 4.78 is 0. The van der Waals surface area contributed by atoms with Gasteiger partial charge in [0.25, 0.3) is 0 Å². The van der Waals surface area contributed by atoms with Gasteiger partial charge in [-0.05, 0) is 37.5 Å². The van der Waals surface area contributed by atoms with Crippen molar-refractivity contribution in [3.63, 3.8) is 0 Å². The quantitative estimate of drug-likeness (QED) is 0.122. The Morgan fingerprint density at radius 1 is 0.943 bits per heavy atom. The van der Waals surface area contributed by atoms with Crippen LogP contribution in [0.1, 0.15) is 25.3 Å². The molecule has 194 valence electrons. The molecule has 35 heavy (non-hydrogen) atoms. The predicted molar refractivity (Wildman–Crippen MR) is 120 cm³/mol. The van der Waals surface area contributed by atoms with E-state index in [9.17, 15) is 34.2 Å². The molecule has 1 aromatic carbocycles. The molecule has 14 heteroatoms. The fraction of sp³-hybridized carbons (Fsp3) is 0.476. The number of benzene rings is 1. The van der Waals surface area contributed by atoms with E-state index < -0.39 is 66.5 Å². The lowest BCUT2D eigenvalue weighted by atomic mass is 10.0. The van der Waals surface area contributed by atoms with Crippen molar-refractivity contribution in [2.75, 3.05) is 6.61 Å². The normalized spacial score (nSPS) is 15.1.